The van der Waals surface area contributed by atoms with Crippen molar-refractivity contribution in [3.63, 3.8) is 0 Å². The molecule has 0 spiro atoms. The van der Waals surface area contributed by atoms with Crippen LogP contribution < -0.4 is 15.5 Å². The molecule has 1 aliphatic heterocycles. The smallest absolute Gasteiger partial charge is 0.232 e. The molecule has 0 aliphatic carbocycles. The third-order valence-corrected chi connectivity index (χ3v) is 3.54. The number of morpholine rings is 1. The maximum Gasteiger partial charge on any atom is 0.232 e. The molecule has 1 aromatic heterocycles. The van der Waals surface area contributed by atoms with Gasteiger partial charge in [-0.15, -0.1) is 0 Å². The number of hydrogen-bond donors (Lipinski definition) is 1. The van der Waals surface area contributed by atoms with Gasteiger partial charge in [0, 0.05) is 19.6 Å². The van der Waals surface area contributed by atoms with Gasteiger partial charge in [-0.2, -0.15) is 15.0 Å². The SMILES string of the molecule is CCN(CC)c1nc(N)nc(N2CC(C)OCC2C)n1. The minimum absolute atomic E-state index is 0.168. The number of ether oxygens (including phenoxy) is 1. The second-order valence-electron chi connectivity index (χ2n) is 5.11. The molecule has 1 aliphatic rings. The molecule has 0 amide bonds. The first-order valence-corrected chi connectivity index (χ1v) is 7.19. The molecule has 2 rings (SSSR count). The van der Waals surface area contributed by atoms with Crippen LogP contribution in [0.5, 0.6) is 0 Å². The molecule has 2 atom stereocenters. The third-order valence-electron chi connectivity index (χ3n) is 3.54. The zero-order valence-corrected chi connectivity index (χ0v) is 12.7. The maximum atomic E-state index is 5.85. The first-order valence-electron chi connectivity index (χ1n) is 7.19. The molecule has 0 aromatic carbocycles. The highest BCUT2D eigenvalue weighted by atomic mass is 16.5. The van der Waals surface area contributed by atoms with E-state index < -0.39 is 0 Å². The van der Waals surface area contributed by atoms with Crippen LogP contribution in [0.15, 0.2) is 0 Å². The lowest BCUT2D eigenvalue weighted by atomic mass is 10.2. The number of nitrogens with two attached hydrogens (primary N) is 1. The molecule has 7 heteroatoms. The molecular formula is C13H24N6O. The number of nitrogen functional groups attached to an aromatic ring is 1. The number of rotatable bonds is 4. The Kier molecular flexibility index (Phi) is 4.59. The van der Waals surface area contributed by atoms with E-state index >= 15 is 0 Å². The van der Waals surface area contributed by atoms with Crippen molar-refractivity contribution in [3.8, 4) is 0 Å². The number of anilines is 3. The van der Waals surface area contributed by atoms with E-state index in [0.29, 0.717) is 18.5 Å². The van der Waals surface area contributed by atoms with Crippen LogP contribution in [-0.2, 0) is 4.74 Å². The summed E-state index contributed by atoms with van der Waals surface area (Å²) in [6, 6.07) is 0.234. The van der Waals surface area contributed by atoms with E-state index in [1.54, 1.807) is 0 Å². The van der Waals surface area contributed by atoms with Gasteiger partial charge in [-0.25, -0.2) is 0 Å². The van der Waals surface area contributed by atoms with E-state index in [0.717, 1.165) is 19.6 Å². The van der Waals surface area contributed by atoms with Crippen LogP contribution in [0.1, 0.15) is 27.7 Å². The quantitative estimate of drug-likeness (QED) is 0.878. The monoisotopic (exact) mass is 280 g/mol. The summed E-state index contributed by atoms with van der Waals surface area (Å²) in [6.07, 6.45) is 0.168. The van der Waals surface area contributed by atoms with E-state index in [4.69, 9.17) is 10.5 Å². The minimum atomic E-state index is 0.168. The van der Waals surface area contributed by atoms with Gasteiger partial charge in [0.1, 0.15) is 0 Å². The van der Waals surface area contributed by atoms with Gasteiger partial charge in [-0.1, -0.05) is 0 Å². The molecular weight excluding hydrogens is 256 g/mol. The molecule has 7 nitrogen and oxygen atoms in total. The molecule has 0 radical (unpaired) electrons. The average Bonchev–Trinajstić information content (AvgIpc) is 2.42. The Labute approximate surface area is 120 Å². The van der Waals surface area contributed by atoms with Gasteiger partial charge in [0.25, 0.3) is 0 Å². The van der Waals surface area contributed by atoms with Gasteiger partial charge in [-0.3, -0.25) is 0 Å². The van der Waals surface area contributed by atoms with Gasteiger partial charge >= 0.3 is 0 Å². The summed E-state index contributed by atoms with van der Waals surface area (Å²) in [5, 5.41) is 0. The first kappa shape index (κ1) is 14.8. The lowest BCUT2D eigenvalue weighted by Gasteiger charge is -2.37. The Balaban J connectivity index is 2.31. The maximum absolute atomic E-state index is 5.85. The van der Waals surface area contributed by atoms with Crippen LogP contribution in [-0.4, -0.2) is 53.3 Å². The van der Waals surface area contributed by atoms with Crippen LogP contribution in [0.25, 0.3) is 0 Å². The predicted molar refractivity (Wildman–Crippen MR) is 80.0 cm³/mol. The lowest BCUT2D eigenvalue weighted by molar-refractivity contribution is 0.0337. The zero-order valence-electron chi connectivity index (χ0n) is 12.7. The molecule has 2 N–H and O–H groups in total. The second-order valence-corrected chi connectivity index (χ2v) is 5.11. The summed E-state index contributed by atoms with van der Waals surface area (Å²) < 4.78 is 5.64. The highest BCUT2D eigenvalue weighted by Crippen LogP contribution is 2.20. The minimum Gasteiger partial charge on any atom is -0.375 e. The molecule has 0 saturated carbocycles. The highest BCUT2D eigenvalue weighted by molar-refractivity contribution is 5.44. The summed E-state index contributed by atoms with van der Waals surface area (Å²) in [5.41, 5.74) is 5.85. The fourth-order valence-electron chi connectivity index (χ4n) is 2.33. The van der Waals surface area contributed by atoms with Crippen LogP contribution in [0.3, 0.4) is 0 Å². The Hall–Kier alpha value is -1.63. The van der Waals surface area contributed by atoms with Crippen molar-refractivity contribution >= 4 is 17.8 Å². The van der Waals surface area contributed by atoms with Crippen LogP contribution in [0.4, 0.5) is 17.8 Å². The molecule has 1 fully saturated rings. The Morgan fingerprint density at radius 1 is 1.25 bits per heavy atom. The van der Waals surface area contributed by atoms with Crippen molar-refractivity contribution < 1.29 is 4.74 Å². The van der Waals surface area contributed by atoms with Crippen molar-refractivity contribution in [1.29, 1.82) is 0 Å². The van der Waals surface area contributed by atoms with E-state index in [1.807, 2.05) is 0 Å². The van der Waals surface area contributed by atoms with Crippen molar-refractivity contribution in [2.24, 2.45) is 0 Å². The van der Waals surface area contributed by atoms with Gasteiger partial charge < -0.3 is 20.3 Å². The highest BCUT2D eigenvalue weighted by Gasteiger charge is 2.26. The van der Waals surface area contributed by atoms with Gasteiger partial charge in [0.15, 0.2) is 0 Å². The normalized spacial score (nSPS) is 22.9. The first-order chi connectivity index (χ1) is 9.55. The van der Waals surface area contributed by atoms with Gasteiger partial charge in [0.05, 0.1) is 18.8 Å². The Bertz CT molecular complexity index is 450. The summed E-state index contributed by atoms with van der Waals surface area (Å²) in [5.74, 6) is 1.55. The lowest BCUT2D eigenvalue weighted by Crippen LogP contribution is -2.48. The summed E-state index contributed by atoms with van der Waals surface area (Å²) in [6.45, 7) is 11.4. The van der Waals surface area contributed by atoms with Crippen molar-refractivity contribution in [1.82, 2.24) is 15.0 Å². The molecule has 1 saturated heterocycles. The van der Waals surface area contributed by atoms with E-state index in [1.165, 1.54) is 0 Å². The predicted octanol–water partition coefficient (Wildman–Crippen LogP) is 0.914. The summed E-state index contributed by atoms with van der Waals surface area (Å²) in [4.78, 5) is 17.3. The number of nitrogens with zero attached hydrogens (tertiary/aromatic N) is 5. The fourth-order valence-corrected chi connectivity index (χ4v) is 2.33. The standard InChI is InChI=1S/C13H24N6O/c1-5-18(6-2)12-15-11(14)16-13(17-12)19-7-10(4)20-8-9(19)3/h9-10H,5-8H2,1-4H3,(H2,14,15,16,17). The van der Waals surface area contributed by atoms with Crippen molar-refractivity contribution in [3.05, 3.63) is 0 Å². The summed E-state index contributed by atoms with van der Waals surface area (Å²) in [7, 11) is 0. The van der Waals surface area contributed by atoms with Gasteiger partial charge in [-0.05, 0) is 27.7 Å². The van der Waals surface area contributed by atoms with Crippen molar-refractivity contribution in [2.45, 2.75) is 39.8 Å². The topological polar surface area (TPSA) is 80.4 Å². The number of hydrogen-bond acceptors (Lipinski definition) is 7. The molecule has 0 bridgehead atoms. The van der Waals surface area contributed by atoms with Crippen LogP contribution >= 0.6 is 0 Å². The zero-order chi connectivity index (χ0) is 14.7. The second kappa shape index (κ2) is 6.21. The van der Waals surface area contributed by atoms with E-state index in [2.05, 4.69) is 52.4 Å². The summed E-state index contributed by atoms with van der Waals surface area (Å²) >= 11 is 0. The molecule has 1 aromatic rings. The van der Waals surface area contributed by atoms with E-state index in [-0.39, 0.29) is 18.1 Å². The molecule has 2 heterocycles. The number of aromatic nitrogens is 3. The van der Waals surface area contributed by atoms with Crippen LogP contribution in [0, 0.1) is 0 Å². The average molecular weight is 280 g/mol. The largest absolute Gasteiger partial charge is 0.375 e. The molecule has 112 valence electrons. The third kappa shape index (κ3) is 3.09. The Morgan fingerprint density at radius 3 is 2.60 bits per heavy atom. The molecule has 2 unspecified atom stereocenters. The van der Waals surface area contributed by atoms with Crippen LogP contribution in [0.2, 0.25) is 0 Å². The fraction of sp³-hybridized carbons (Fsp3) is 0.769. The molecule has 20 heavy (non-hydrogen) atoms. The Morgan fingerprint density at radius 2 is 1.95 bits per heavy atom. The van der Waals surface area contributed by atoms with Crippen molar-refractivity contribution in [2.75, 3.05) is 41.8 Å². The van der Waals surface area contributed by atoms with Gasteiger partial charge in [0.2, 0.25) is 17.8 Å². The van der Waals surface area contributed by atoms with E-state index in [9.17, 15) is 0 Å².